The van der Waals surface area contributed by atoms with Crippen LogP contribution in [0.25, 0.3) is 0 Å². The van der Waals surface area contributed by atoms with Crippen molar-refractivity contribution in [3.8, 4) is 23.0 Å². The minimum Gasteiger partial charge on any atom is -0.508 e. The van der Waals surface area contributed by atoms with Crippen LogP contribution in [0.1, 0.15) is 22.3 Å². The first-order chi connectivity index (χ1) is 26.2. The van der Waals surface area contributed by atoms with Gasteiger partial charge in [0, 0.05) is 78.8 Å². The van der Waals surface area contributed by atoms with Crippen LogP contribution in [0.3, 0.4) is 0 Å². The fourth-order valence-electron chi connectivity index (χ4n) is 6.54. The molecule has 0 aromatic heterocycles. The number of hydrogen-bond acceptors (Lipinski definition) is 9. The number of aliphatic hydroxyl groups excluding tert-OH is 1. The molecule has 290 valence electrons. The van der Waals surface area contributed by atoms with Gasteiger partial charge in [-0.15, -0.1) is 6.58 Å². The average Bonchev–Trinajstić information content (AvgIpc) is 3.90. The molecule has 0 bridgehead atoms. The molecule has 0 saturated carbocycles. The summed E-state index contributed by atoms with van der Waals surface area (Å²) in [7, 11) is 3.42. The van der Waals surface area contributed by atoms with Gasteiger partial charge in [0.05, 0.1) is 19.8 Å². The first-order valence-electron chi connectivity index (χ1n) is 18.0. The van der Waals surface area contributed by atoms with Gasteiger partial charge in [0.2, 0.25) is 0 Å². The molecule has 4 aliphatic heterocycles. The van der Waals surface area contributed by atoms with Crippen LogP contribution < -0.4 is 24.4 Å². The molecule has 12 heteroatoms. The topological polar surface area (TPSA) is 102 Å². The Morgan fingerprint density at radius 2 is 1.20 bits per heavy atom. The highest BCUT2D eigenvalue weighted by Crippen LogP contribution is 2.34. The Morgan fingerprint density at radius 3 is 1.74 bits per heavy atom. The molecule has 54 heavy (non-hydrogen) atoms. The fraction of sp³-hybridized carbons (Fsp3) is 0.381. The second-order valence-electron chi connectivity index (χ2n) is 13.2. The van der Waals surface area contributed by atoms with Gasteiger partial charge in [0.1, 0.15) is 41.3 Å². The van der Waals surface area contributed by atoms with Crippen LogP contribution in [0, 0.1) is 0 Å². The van der Waals surface area contributed by atoms with Crippen molar-refractivity contribution in [1.82, 2.24) is 5.32 Å². The molecular formula is C42H49Br3N2O7. The maximum atomic E-state index is 9.30. The molecule has 0 spiro atoms. The lowest BCUT2D eigenvalue weighted by Crippen LogP contribution is -2.43. The van der Waals surface area contributed by atoms with Crippen LogP contribution in [0.4, 0.5) is 5.69 Å². The minimum absolute atomic E-state index is 0.0469. The van der Waals surface area contributed by atoms with E-state index in [-0.39, 0.29) is 24.9 Å². The number of phenols is 1. The van der Waals surface area contributed by atoms with Crippen molar-refractivity contribution in [3.63, 3.8) is 0 Å². The van der Waals surface area contributed by atoms with E-state index in [0.29, 0.717) is 25.4 Å². The number of hydrogen-bond donors (Lipinski definition) is 3. The zero-order chi connectivity index (χ0) is 38.5. The molecule has 9 nitrogen and oxygen atoms in total. The number of phenolic OH excluding ortho intramolecular Hbond substituents is 1. The summed E-state index contributed by atoms with van der Waals surface area (Å²) in [6.07, 6.45) is 5.51. The van der Waals surface area contributed by atoms with E-state index in [0.717, 1.165) is 81.7 Å². The predicted molar refractivity (Wildman–Crippen MR) is 225 cm³/mol. The maximum absolute atomic E-state index is 9.30. The number of anilines is 1. The first kappa shape index (κ1) is 42.1. The van der Waals surface area contributed by atoms with E-state index >= 15 is 0 Å². The van der Waals surface area contributed by atoms with Crippen molar-refractivity contribution in [3.05, 3.63) is 121 Å². The largest absolute Gasteiger partial charge is 0.508 e. The van der Waals surface area contributed by atoms with Gasteiger partial charge in [-0.25, -0.2) is 0 Å². The summed E-state index contributed by atoms with van der Waals surface area (Å²) in [5.74, 6) is 3.24. The standard InChI is InChI=1S/C14H20N2O2.C10H11BrO2.C9H9BrO2.C9H9BrO/c1-17-10-13-9-11-8-12(2-3-14(11)18-13)16-6-4-15-5-7-16;1-12-6-9-5-7-4-8(11)2-3-10(7)13-9;10-7-1-2-9-6(3-7)4-8(5-11)12-9;1-2-3-7-6-8(10)4-5-9(7)11/h2-3,8,13,15H,4-7,9-10H2,1H3;2-4,9H,5-6H2,1H3;1-3,8,11H,4-5H2;2,4-6,11H,1,3H2. The molecule has 1 saturated heterocycles. The summed E-state index contributed by atoms with van der Waals surface area (Å²) in [5, 5.41) is 21.5. The number of ether oxygens (including phenoxy) is 5. The third-order valence-corrected chi connectivity index (χ3v) is 10.6. The van der Waals surface area contributed by atoms with E-state index in [1.54, 1.807) is 26.4 Å². The Morgan fingerprint density at radius 1 is 0.722 bits per heavy atom. The van der Waals surface area contributed by atoms with Crippen molar-refractivity contribution in [2.45, 2.75) is 44.0 Å². The lowest BCUT2D eigenvalue weighted by atomic mass is 10.1. The summed E-state index contributed by atoms with van der Waals surface area (Å²) in [6.45, 7) is 9.32. The lowest BCUT2D eigenvalue weighted by molar-refractivity contribution is 0.0951. The SMILES string of the molecule is C=CCc1cc(Br)ccc1O.COCC1Cc2cc(Br)ccc2O1.COCC1Cc2cc(N3CCNCC3)ccc2O1.OCC1Cc2cc(Br)ccc2O1. The average molecular weight is 934 g/mol. The van der Waals surface area contributed by atoms with Gasteiger partial charge < -0.3 is 44.1 Å². The third kappa shape index (κ3) is 12.2. The fourth-order valence-corrected chi connectivity index (χ4v) is 7.76. The lowest BCUT2D eigenvalue weighted by Gasteiger charge is -2.29. The number of nitrogens with zero attached hydrogens (tertiary/aromatic N) is 1. The van der Waals surface area contributed by atoms with Gasteiger partial charge in [-0.05, 0) is 101 Å². The highest BCUT2D eigenvalue weighted by molar-refractivity contribution is 9.11. The molecule has 3 unspecified atom stereocenters. The van der Waals surface area contributed by atoms with Gasteiger partial charge in [-0.1, -0.05) is 53.9 Å². The number of nitrogens with one attached hydrogen (secondary N) is 1. The number of aliphatic hydroxyl groups is 1. The second-order valence-corrected chi connectivity index (χ2v) is 16.0. The van der Waals surface area contributed by atoms with Crippen LogP contribution in [-0.4, -0.2) is 88.7 Å². The third-order valence-electron chi connectivity index (χ3n) is 9.11. The number of allylic oxidation sites excluding steroid dienone is 1. The van der Waals surface area contributed by atoms with Crippen molar-refractivity contribution in [2.75, 3.05) is 65.1 Å². The summed E-state index contributed by atoms with van der Waals surface area (Å²) in [4.78, 5) is 2.43. The van der Waals surface area contributed by atoms with Crippen LogP contribution in [-0.2, 0) is 35.2 Å². The van der Waals surface area contributed by atoms with Crippen LogP contribution in [0.15, 0.2) is 98.9 Å². The summed E-state index contributed by atoms with van der Waals surface area (Å²) < 4.78 is 30.3. The predicted octanol–water partition coefficient (Wildman–Crippen LogP) is 8.07. The summed E-state index contributed by atoms with van der Waals surface area (Å²) >= 11 is 10.1. The highest BCUT2D eigenvalue weighted by atomic mass is 79.9. The van der Waals surface area contributed by atoms with Crippen LogP contribution in [0.5, 0.6) is 23.0 Å². The van der Waals surface area contributed by atoms with Gasteiger partial charge >= 0.3 is 0 Å². The number of aromatic hydroxyl groups is 1. The molecule has 4 aromatic rings. The Balaban J connectivity index is 0.000000141. The Kier molecular flexibility index (Phi) is 16.6. The highest BCUT2D eigenvalue weighted by Gasteiger charge is 2.25. The van der Waals surface area contributed by atoms with Crippen molar-refractivity contribution < 1.29 is 33.9 Å². The Hall–Kier alpha value is -3.10. The zero-order valence-corrected chi connectivity index (χ0v) is 35.5. The quantitative estimate of drug-likeness (QED) is 0.152. The Bertz CT molecular complexity index is 1820. The number of methoxy groups -OCH3 is 2. The molecular weight excluding hydrogens is 884 g/mol. The first-order valence-corrected chi connectivity index (χ1v) is 20.4. The number of benzene rings is 4. The van der Waals surface area contributed by atoms with E-state index in [4.69, 9.17) is 28.8 Å². The second kappa shape index (κ2) is 21.3. The van der Waals surface area contributed by atoms with E-state index in [9.17, 15) is 5.11 Å². The normalized spacial score (nSPS) is 18.8. The zero-order valence-electron chi connectivity index (χ0n) is 30.7. The number of piperazine rings is 1. The molecule has 4 aliphatic rings. The minimum atomic E-state index is -0.0469. The summed E-state index contributed by atoms with van der Waals surface area (Å²) in [5.41, 5.74) is 5.96. The van der Waals surface area contributed by atoms with Crippen molar-refractivity contribution >= 4 is 53.5 Å². The van der Waals surface area contributed by atoms with E-state index in [2.05, 4.69) is 88.9 Å². The molecule has 8 rings (SSSR count). The molecule has 0 radical (unpaired) electrons. The number of rotatable bonds is 8. The van der Waals surface area contributed by atoms with Gasteiger partial charge in [0.15, 0.2) is 0 Å². The van der Waals surface area contributed by atoms with Gasteiger partial charge in [-0.2, -0.15) is 0 Å². The van der Waals surface area contributed by atoms with E-state index in [1.807, 2.05) is 42.5 Å². The molecule has 3 N–H and O–H groups in total. The number of fused-ring (bicyclic) bond motifs is 3. The number of halogens is 3. The maximum Gasteiger partial charge on any atom is 0.126 e. The van der Waals surface area contributed by atoms with Crippen LogP contribution >= 0.6 is 47.8 Å². The van der Waals surface area contributed by atoms with Crippen molar-refractivity contribution in [2.24, 2.45) is 0 Å². The van der Waals surface area contributed by atoms with Crippen molar-refractivity contribution in [1.29, 1.82) is 0 Å². The van der Waals surface area contributed by atoms with E-state index < -0.39 is 0 Å². The summed E-state index contributed by atoms with van der Waals surface area (Å²) in [6, 6.07) is 23.9. The molecule has 4 heterocycles. The molecule has 0 aliphatic carbocycles. The van der Waals surface area contributed by atoms with Gasteiger partial charge in [0.25, 0.3) is 0 Å². The van der Waals surface area contributed by atoms with Gasteiger partial charge in [-0.3, -0.25) is 0 Å². The van der Waals surface area contributed by atoms with E-state index in [1.165, 1.54) is 22.4 Å². The monoisotopic (exact) mass is 930 g/mol. The molecule has 3 atom stereocenters. The smallest absolute Gasteiger partial charge is 0.126 e. The molecule has 0 amide bonds. The molecule has 1 fully saturated rings. The Labute approximate surface area is 344 Å². The molecule has 4 aromatic carbocycles. The van der Waals surface area contributed by atoms with Crippen LogP contribution in [0.2, 0.25) is 0 Å².